The van der Waals surface area contributed by atoms with E-state index < -0.39 is 16.8 Å². The molecule has 0 aliphatic rings. The van der Waals surface area contributed by atoms with Gasteiger partial charge in [0, 0.05) is 0 Å². The summed E-state index contributed by atoms with van der Waals surface area (Å²) in [4.78, 5) is 10.1. The summed E-state index contributed by atoms with van der Waals surface area (Å²) >= 11 is 1.18. The summed E-state index contributed by atoms with van der Waals surface area (Å²) in [6.45, 7) is 15.7. The molecule has 0 heterocycles. The summed E-state index contributed by atoms with van der Waals surface area (Å²) in [6.07, 6.45) is 0.325. The van der Waals surface area contributed by atoms with E-state index in [-0.39, 0.29) is 5.97 Å². The molecule has 0 spiro atoms. The summed E-state index contributed by atoms with van der Waals surface area (Å²) in [5, 5.41) is 25.6. The van der Waals surface area contributed by atoms with Crippen molar-refractivity contribution in [3.8, 4) is 4.20 Å². The van der Waals surface area contributed by atoms with Crippen LogP contribution in [0.25, 0.3) is 0 Å². The predicted molar refractivity (Wildman–Crippen MR) is 86.4 cm³/mol. The number of rotatable bonds is 1. The summed E-state index contributed by atoms with van der Waals surface area (Å²) < 4.78 is 7.03. The van der Waals surface area contributed by atoms with Crippen molar-refractivity contribution in [2.45, 2.75) is 85.5 Å². The van der Waals surface area contributed by atoms with Crippen molar-refractivity contribution in [2.24, 2.45) is 0 Å². The van der Waals surface area contributed by atoms with Gasteiger partial charge in [-0.15, -0.1) is 0 Å². The monoisotopic (exact) mass is 491 g/mol. The van der Waals surface area contributed by atoms with Crippen molar-refractivity contribution in [1.29, 1.82) is 0 Å². The normalized spacial score (nSPS) is 10.4. The number of ether oxygens (including phenoxy) is 1. The number of aliphatic hydroxyl groups is 3. The molecule has 0 radical (unpaired) electrons. The van der Waals surface area contributed by atoms with Gasteiger partial charge in [0.2, 0.25) is 0 Å². The van der Waals surface area contributed by atoms with Gasteiger partial charge in [0.25, 0.3) is 0 Å². The zero-order chi connectivity index (χ0) is 19.2. The first-order valence-electron chi connectivity index (χ1n) is 6.90. The van der Waals surface area contributed by atoms with Crippen LogP contribution in [0, 0.1) is 4.20 Å². The molecule has 0 amide bonds. The Labute approximate surface area is 147 Å². The van der Waals surface area contributed by atoms with Gasteiger partial charge < -0.3 is 15.3 Å². The fraction of sp³-hybridized carbons (Fsp3) is 0.875. The molecule has 0 aromatic carbocycles. The average molecular weight is 491 g/mol. The van der Waals surface area contributed by atoms with Gasteiger partial charge in [-0.05, 0) is 62.3 Å². The zero-order valence-corrected chi connectivity index (χ0v) is 18.7. The molecule has 0 saturated heterocycles. The SMILES string of the molecule is CC(C)(C)O.CC(C)(C)O.CC(C)(C)O.COC(=O)C[C]#[W]. The van der Waals surface area contributed by atoms with E-state index in [1.54, 1.807) is 62.3 Å². The maximum atomic E-state index is 10.1. The Morgan fingerprint density at radius 3 is 1.09 bits per heavy atom. The Morgan fingerprint density at radius 2 is 1.05 bits per heavy atom. The van der Waals surface area contributed by atoms with Crippen LogP contribution in [0.15, 0.2) is 0 Å². The molecule has 0 fully saturated rings. The summed E-state index contributed by atoms with van der Waals surface area (Å²) in [5.74, 6) is -0.213. The molecule has 0 bridgehead atoms. The fourth-order valence-corrected chi connectivity index (χ4v) is 0.554. The van der Waals surface area contributed by atoms with Crippen LogP contribution >= 0.6 is 0 Å². The standard InChI is InChI=1S/C4H5O2.3C4H10O.W/c1-3-4(5)6-2;3*1-4(2,3)5;/h3H2,2H3;3*5H,1-3H3;. The van der Waals surface area contributed by atoms with Crippen LogP contribution < -0.4 is 0 Å². The Bertz CT molecular complexity index is 254. The van der Waals surface area contributed by atoms with Gasteiger partial charge in [-0.2, -0.15) is 0 Å². The molecule has 0 unspecified atom stereocenters. The third-order valence-corrected chi connectivity index (χ3v) is 0.963. The molecule has 3 N–H and O–H groups in total. The van der Waals surface area contributed by atoms with Gasteiger partial charge in [-0.25, -0.2) is 0 Å². The van der Waals surface area contributed by atoms with Crippen LogP contribution in [-0.4, -0.2) is 45.2 Å². The second-order valence-electron chi connectivity index (χ2n) is 7.41. The number of carbonyl (C=O) groups excluding carboxylic acids is 1. The quantitative estimate of drug-likeness (QED) is 0.491. The zero-order valence-electron chi connectivity index (χ0n) is 15.8. The van der Waals surface area contributed by atoms with E-state index in [4.69, 9.17) is 15.3 Å². The van der Waals surface area contributed by atoms with Gasteiger partial charge in [0.1, 0.15) is 0 Å². The summed E-state index contributed by atoms with van der Waals surface area (Å²) in [6, 6.07) is 0. The van der Waals surface area contributed by atoms with Gasteiger partial charge >= 0.3 is 52.4 Å². The second kappa shape index (κ2) is 14.4. The van der Waals surface area contributed by atoms with Crippen molar-refractivity contribution in [2.75, 3.05) is 7.11 Å². The third-order valence-electron chi connectivity index (χ3n) is 0.444. The van der Waals surface area contributed by atoms with Crippen molar-refractivity contribution >= 4 is 5.97 Å². The first-order valence-corrected chi connectivity index (χ1v) is 8.37. The number of methoxy groups -OCH3 is 1. The van der Waals surface area contributed by atoms with Crippen molar-refractivity contribution in [3.05, 3.63) is 0 Å². The first-order chi connectivity index (χ1) is 9.31. The number of carbonyl (C=O) groups is 1. The molecule has 5 nitrogen and oxygen atoms in total. The summed E-state index contributed by atoms with van der Waals surface area (Å²) in [7, 11) is 1.37. The van der Waals surface area contributed by atoms with E-state index in [1.165, 1.54) is 26.3 Å². The van der Waals surface area contributed by atoms with Crippen LogP contribution in [0.3, 0.4) is 0 Å². The van der Waals surface area contributed by atoms with Crippen LogP contribution in [0.1, 0.15) is 68.7 Å². The molecule has 6 heteroatoms. The van der Waals surface area contributed by atoms with Gasteiger partial charge in [-0.3, -0.25) is 0 Å². The topological polar surface area (TPSA) is 87.0 Å². The Hall–Kier alpha value is -0.182. The van der Waals surface area contributed by atoms with Crippen molar-refractivity contribution in [1.82, 2.24) is 0 Å². The van der Waals surface area contributed by atoms with Crippen LogP contribution in [0.2, 0.25) is 0 Å². The minimum atomic E-state index is -0.500. The first kappa shape index (κ1) is 29.8. The van der Waals surface area contributed by atoms with E-state index in [9.17, 15) is 4.79 Å². The van der Waals surface area contributed by atoms with Gasteiger partial charge in [0.05, 0.1) is 16.8 Å². The van der Waals surface area contributed by atoms with Crippen LogP contribution in [0.4, 0.5) is 0 Å². The molecule has 0 aromatic rings. The minimum absolute atomic E-state index is 0.213. The molecule has 22 heavy (non-hydrogen) atoms. The molecule has 0 saturated carbocycles. The van der Waals surface area contributed by atoms with E-state index in [2.05, 4.69) is 8.94 Å². The van der Waals surface area contributed by atoms with E-state index >= 15 is 0 Å². The average Bonchev–Trinajstić information content (AvgIpc) is 2.09. The predicted octanol–water partition coefficient (Wildman–Crippen LogP) is 2.39. The molecule has 0 rings (SSSR count). The Morgan fingerprint density at radius 1 is 0.864 bits per heavy atom. The molecule has 0 aromatic heterocycles. The van der Waals surface area contributed by atoms with Gasteiger partial charge in [-0.1, -0.05) is 0 Å². The molecule has 0 aliphatic heterocycles. The molecule has 0 atom stereocenters. The van der Waals surface area contributed by atoms with Crippen LogP contribution in [-0.2, 0) is 28.7 Å². The number of hydrogen-bond acceptors (Lipinski definition) is 5. The van der Waals surface area contributed by atoms with E-state index in [0.717, 1.165) is 0 Å². The fourth-order valence-electron chi connectivity index (χ4n) is 0.131. The van der Waals surface area contributed by atoms with E-state index in [0.29, 0.717) is 6.42 Å². The number of hydrogen-bond donors (Lipinski definition) is 3. The molecule has 0 aliphatic carbocycles. The third kappa shape index (κ3) is 302. The van der Waals surface area contributed by atoms with Gasteiger partial charge in [0.15, 0.2) is 0 Å². The maximum absolute atomic E-state index is 10.1. The number of esters is 1. The molecular weight excluding hydrogens is 456 g/mol. The second-order valence-corrected chi connectivity index (χ2v) is 8.45. The Kier molecular flexibility index (Phi) is 19.5. The van der Waals surface area contributed by atoms with Crippen molar-refractivity contribution in [3.63, 3.8) is 0 Å². The molecule has 135 valence electrons. The van der Waals surface area contributed by atoms with E-state index in [1.807, 2.05) is 0 Å². The Balaban J connectivity index is -0.0000000995. The van der Waals surface area contributed by atoms with Crippen LogP contribution in [0.5, 0.6) is 0 Å². The summed E-state index contributed by atoms with van der Waals surface area (Å²) in [5.41, 5.74) is -1.50. The van der Waals surface area contributed by atoms with Crippen molar-refractivity contribution < 1.29 is 44.0 Å². The molecular formula is C16H35O5W.